The predicted octanol–water partition coefficient (Wildman–Crippen LogP) is 5.19. The van der Waals surface area contributed by atoms with E-state index in [4.69, 9.17) is 14.2 Å². The number of amides is 1. The molecule has 0 radical (unpaired) electrons. The molecule has 0 bridgehead atoms. The molecule has 0 aliphatic rings. The number of benzene rings is 3. The molecule has 0 spiro atoms. The molecule has 0 aliphatic heterocycles. The molecule has 1 amide bonds. The van der Waals surface area contributed by atoms with Gasteiger partial charge in [-0.1, -0.05) is 18.2 Å². The van der Waals surface area contributed by atoms with E-state index in [1.54, 1.807) is 44.6 Å². The fraction of sp³-hybridized carbons (Fsp3) is 0.174. The maximum Gasteiger partial charge on any atom is 0.224 e. The van der Waals surface area contributed by atoms with Crippen molar-refractivity contribution in [1.82, 2.24) is 0 Å². The van der Waals surface area contributed by atoms with E-state index in [2.05, 4.69) is 0 Å². The van der Waals surface area contributed by atoms with Crippen LogP contribution in [0.3, 0.4) is 0 Å². The Bertz CT molecular complexity index is 991. The van der Waals surface area contributed by atoms with Crippen LogP contribution in [0.1, 0.15) is 12.5 Å². The van der Waals surface area contributed by atoms with Gasteiger partial charge in [0, 0.05) is 18.6 Å². The van der Waals surface area contributed by atoms with Crippen molar-refractivity contribution in [2.75, 3.05) is 19.1 Å². The lowest BCUT2D eigenvalue weighted by Crippen LogP contribution is -2.28. The first-order chi connectivity index (χ1) is 14.0. The Balaban J connectivity index is 2.02. The van der Waals surface area contributed by atoms with Gasteiger partial charge in [0.1, 0.15) is 23.1 Å². The summed E-state index contributed by atoms with van der Waals surface area (Å²) >= 11 is 0. The molecule has 0 aromatic heterocycles. The van der Waals surface area contributed by atoms with E-state index in [0.29, 0.717) is 28.7 Å². The Morgan fingerprint density at radius 2 is 1.62 bits per heavy atom. The van der Waals surface area contributed by atoms with Gasteiger partial charge in [-0.15, -0.1) is 0 Å². The highest BCUT2D eigenvalue weighted by atomic mass is 18.2. The van der Waals surface area contributed by atoms with Crippen LogP contribution in [0.4, 0.5) is 10.1 Å². The van der Waals surface area contributed by atoms with E-state index in [0.717, 1.165) is 5.56 Å². The van der Waals surface area contributed by atoms with Gasteiger partial charge in [-0.3, -0.25) is 4.79 Å². The topological polar surface area (TPSA) is 48.0 Å². The number of ether oxygens (including phenoxy) is 3. The van der Waals surface area contributed by atoms with E-state index in [9.17, 15) is 9.18 Å². The first-order valence-electron chi connectivity index (χ1n) is 9.03. The highest BCUT2D eigenvalue weighted by Gasteiger charge is 2.20. The van der Waals surface area contributed by atoms with Gasteiger partial charge in [-0.2, -0.15) is 0 Å². The molecule has 3 aromatic rings. The second kappa shape index (κ2) is 9.10. The summed E-state index contributed by atoms with van der Waals surface area (Å²) < 4.78 is 30.7. The molecule has 0 aliphatic carbocycles. The summed E-state index contributed by atoms with van der Waals surface area (Å²) in [5, 5.41) is 0. The van der Waals surface area contributed by atoms with Gasteiger partial charge in [-0.05, 0) is 42.5 Å². The van der Waals surface area contributed by atoms with Crippen molar-refractivity contribution < 1.29 is 23.4 Å². The molecule has 6 heteroatoms. The zero-order valence-electron chi connectivity index (χ0n) is 16.5. The normalized spacial score (nSPS) is 10.3. The number of rotatable bonds is 7. The number of methoxy groups -OCH3 is 2. The van der Waals surface area contributed by atoms with Gasteiger partial charge in [0.15, 0.2) is 5.75 Å². The highest BCUT2D eigenvalue weighted by molar-refractivity contribution is 5.93. The molecule has 150 valence electrons. The van der Waals surface area contributed by atoms with Crippen molar-refractivity contribution in [3.8, 4) is 23.0 Å². The second-order valence-electron chi connectivity index (χ2n) is 6.31. The number of carbonyl (C=O) groups is 1. The lowest BCUT2D eigenvalue weighted by atomic mass is 10.1. The third-order valence-corrected chi connectivity index (χ3v) is 4.38. The van der Waals surface area contributed by atoms with Crippen molar-refractivity contribution in [2.45, 2.75) is 13.5 Å². The molecule has 0 fully saturated rings. The molecule has 5 nitrogen and oxygen atoms in total. The smallest absolute Gasteiger partial charge is 0.224 e. The minimum atomic E-state index is -0.468. The van der Waals surface area contributed by atoms with Gasteiger partial charge in [0.25, 0.3) is 0 Å². The van der Waals surface area contributed by atoms with Crippen LogP contribution in [0.15, 0.2) is 66.7 Å². The van der Waals surface area contributed by atoms with Gasteiger partial charge in [-0.25, -0.2) is 4.39 Å². The number of para-hydroxylation sites is 1. The van der Waals surface area contributed by atoms with Gasteiger partial charge < -0.3 is 19.1 Å². The summed E-state index contributed by atoms with van der Waals surface area (Å²) in [4.78, 5) is 13.9. The Morgan fingerprint density at radius 3 is 2.28 bits per heavy atom. The summed E-state index contributed by atoms with van der Waals surface area (Å²) in [5.74, 6) is 1.45. The van der Waals surface area contributed by atoms with E-state index in [1.165, 1.54) is 30.0 Å². The molecule has 3 rings (SSSR count). The standard InChI is InChI=1S/C23H22FNO4/c1-16(26)25(15-17-13-20(27-2)10-12-22(17)28-3)21-14-18(24)9-11-23(21)29-19-7-5-4-6-8-19/h4-14H,15H2,1-3H3/i24-1. The van der Waals surface area contributed by atoms with E-state index < -0.39 is 5.82 Å². The molecule has 0 saturated heterocycles. The first kappa shape index (κ1) is 20.2. The van der Waals surface area contributed by atoms with Crippen LogP contribution in [0.25, 0.3) is 0 Å². The summed E-state index contributed by atoms with van der Waals surface area (Å²) in [6, 6.07) is 18.5. The fourth-order valence-corrected chi connectivity index (χ4v) is 2.95. The van der Waals surface area contributed by atoms with Crippen LogP contribution in [-0.4, -0.2) is 20.1 Å². The summed E-state index contributed by atoms with van der Waals surface area (Å²) in [5.41, 5.74) is 1.04. The molecular formula is C23H22FNO4. The molecule has 3 aromatic carbocycles. The monoisotopic (exact) mass is 394 g/mol. The SMILES string of the molecule is COc1ccc(OC)c(CN(C(C)=O)c2cc([18F])ccc2Oc2ccccc2)c1. The lowest BCUT2D eigenvalue weighted by Gasteiger charge is -2.25. The van der Waals surface area contributed by atoms with Crippen LogP contribution in [-0.2, 0) is 11.3 Å². The van der Waals surface area contributed by atoms with Crippen LogP contribution >= 0.6 is 0 Å². The quantitative estimate of drug-likeness (QED) is 0.553. The molecular weight excluding hydrogens is 372 g/mol. The minimum Gasteiger partial charge on any atom is -0.497 e. The third-order valence-electron chi connectivity index (χ3n) is 4.38. The number of halogens is 1. The third kappa shape index (κ3) is 4.85. The first-order valence-corrected chi connectivity index (χ1v) is 9.03. The van der Waals surface area contributed by atoms with Gasteiger partial charge >= 0.3 is 0 Å². The molecule has 0 saturated carbocycles. The minimum absolute atomic E-state index is 0.157. The predicted molar refractivity (Wildman–Crippen MR) is 109 cm³/mol. The zero-order chi connectivity index (χ0) is 20.8. The molecule has 0 unspecified atom stereocenters. The van der Waals surface area contributed by atoms with Gasteiger partial charge in [0.05, 0.1) is 26.5 Å². The molecule has 0 N–H and O–H groups in total. The highest BCUT2D eigenvalue weighted by Crippen LogP contribution is 2.35. The summed E-state index contributed by atoms with van der Waals surface area (Å²) in [6.07, 6.45) is 0. The Hall–Kier alpha value is -3.54. The van der Waals surface area contributed by atoms with Crippen molar-refractivity contribution >= 4 is 11.6 Å². The summed E-state index contributed by atoms with van der Waals surface area (Å²) in [6.45, 7) is 1.58. The van der Waals surface area contributed by atoms with E-state index in [-0.39, 0.29) is 12.5 Å². The Morgan fingerprint density at radius 1 is 0.897 bits per heavy atom. The number of hydrogen-bond acceptors (Lipinski definition) is 4. The Kier molecular flexibility index (Phi) is 6.34. The molecule has 0 atom stereocenters. The maximum atomic E-state index is 14.1. The van der Waals surface area contributed by atoms with E-state index >= 15 is 0 Å². The van der Waals surface area contributed by atoms with Crippen molar-refractivity contribution in [3.63, 3.8) is 0 Å². The second-order valence-corrected chi connectivity index (χ2v) is 6.31. The summed E-state index contributed by atoms with van der Waals surface area (Å²) in [7, 11) is 3.11. The van der Waals surface area contributed by atoms with Crippen molar-refractivity contribution in [3.05, 3.63) is 78.1 Å². The average Bonchev–Trinajstić information content (AvgIpc) is 2.73. The van der Waals surface area contributed by atoms with Crippen LogP contribution in [0.2, 0.25) is 0 Å². The van der Waals surface area contributed by atoms with Crippen LogP contribution < -0.4 is 19.1 Å². The van der Waals surface area contributed by atoms with Crippen LogP contribution in [0, 0.1) is 5.82 Å². The zero-order valence-corrected chi connectivity index (χ0v) is 16.5. The Labute approximate surface area is 169 Å². The number of anilines is 1. The van der Waals surface area contributed by atoms with Crippen molar-refractivity contribution in [1.29, 1.82) is 0 Å². The molecule has 29 heavy (non-hydrogen) atoms. The van der Waals surface area contributed by atoms with Gasteiger partial charge in [0.2, 0.25) is 5.91 Å². The van der Waals surface area contributed by atoms with E-state index in [1.807, 2.05) is 18.2 Å². The lowest BCUT2D eigenvalue weighted by molar-refractivity contribution is -0.116. The molecule has 0 heterocycles. The largest absolute Gasteiger partial charge is 0.497 e. The number of carbonyl (C=O) groups excluding carboxylic acids is 1. The number of nitrogens with zero attached hydrogens (tertiary/aromatic N) is 1. The number of hydrogen-bond donors (Lipinski definition) is 0. The fourth-order valence-electron chi connectivity index (χ4n) is 2.95. The average molecular weight is 394 g/mol. The maximum absolute atomic E-state index is 14.1. The van der Waals surface area contributed by atoms with Crippen LogP contribution in [0.5, 0.6) is 23.0 Å². The van der Waals surface area contributed by atoms with Crippen molar-refractivity contribution in [2.24, 2.45) is 0 Å².